The molecule has 96 valence electrons. The van der Waals surface area contributed by atoms with Gasteiger partial charge in [-0.05, 0) is 31.0 Å². The molecule has 0 radical (unpaired) electrons. The topological polar surface area (TPSA) is 46.6 Å². The Labute approximate surface area is 114 Å². The zero-order valence-corrected chi connectivity index (χ0v) is 11.9. The molecule has 1 aromatic rings. The third-order valence-electron chi connectivity index (χ3n) is 3.24. The molecule has 0 spiro atoms. The van der Waals surface area contributed by atoms with E-state index < -0.39 is 11.4 Å². The lowest BCUT2D eigenvalue weighted by molar-refractivity contribution is -0.151. The second-order valence-corrected chi connectivity index (χ2v) is 5.33. The highest BCUT2D eigenvalue weighted by molar-refractivity contribution is 9.10. The van der Waals surface area contributed by atoms with Crippen molar-refractivity contribution >= 4 is 33.5 Å². The van der Waals surface area contributed by atoms with E-state index in [0.717, 1.165) is 10.2 Å². The summed E-state index contributed by atoms with van der Waals surface area (Å²) in [7, 11) is 2.99. The summed E-state index contributed by atoms with van der Waals surface area (Å²) in [5.41, 5.74) is -0.198. The van der Waals surface area contributed by atoms with E-state index in [2.05, 4.69) is 15.9 Å². The molecular weight excluding hydrogens is 298 g/mol. The molecule has 0 heterocycles. The van der Waals surface area contributed by atoms with Crippen LogP contribution in [0.4, 0.5) is 5.69 Å². The summed E-state index contributed by atoms with van der Waals surface area (Å²) in [6.45, 7) is 0. The highest BCUT2D eigenvalue weighted by Crippen LogP contribution is 2.48. The Balaban J connectivity index is 2.22. The smallest absolute Gasteiger partial charge is 0.321 e. The van der Waals surface area contributed by atoms with Crippen molar-refractivity contribution in [1.82, 2.24) is 0 Å². The van der Waals surface area contributed by atoms with Gasteiger partial charge >= 0.3 is 5.97 Å². The number of benzene rings is 1. The molecule has 18 heavy (non-hydrogen) atoms. The maximum atomic E-state index is 12.3. The Morgan fingerprint density at radius 2 is 2.06 bits per heavy atom. The summed E-state index contributed by atoms with van der Waals surface area (Å²) in [6.07, 6.45) is 1.13. The van der Waals surface area contributed by atoms with Gasteiger partial charge in [0.1, 0.15) is 5.41 Å². The molecule has 1 aromatic carbocycles. The molecule has 0 saturated heterocycles. The van der Waals surface area contributed by atoms with E-state index in [-0.39, 0.29) is 5.91 Å². The minimum absolute atomic E-state index is 0.201. The summed E-state index contributed by atoms with van der Waals surface area (Å²) in [6, 6.07) is 7.40. The SMILES string of the molecule is COC(=O)C1(C(=O)N(C)c2cccc(Br)c2)CC1. The molecule has 1 amide bonds. The van der Waals surface area contributed by atoms with Crippen LogP contribution in [0.15, 0.2) is 28.7 Å². The molecule has 1 aliphatic rings. The molecular formula is C13H14BrNO3. The van der Waals surface area contributed by atoms with Crippen molar-refractivity contribution in [1.29, 1.82) is 0 Å². The summed E-state index contributed by atoms with van der Waals surface area (Å²) >= 11 is 3.36. The molecule has 2 rings (SSSR count). The van der Waals surface area contributed by atoms with Crippen LogP contribution in [0.2, 0.25) is 0 Å². The number of anilines is 1. The molecule has 0 aliphatic heterocycles. The van der Waals surface area contributed by atoms with Crippen molar-refractivity contribution in [3.05, 3.63) is 28.7 Å². The van der Waals surface area contributed by atoms with Crippen molar-refractivity contribution in [2.75, 3.05) is 19.1 Å². The maximum Gasteiger partial charge on any atom is 0.321 e. The second-order valence-electron chi connectivity index (χ2n) is 4.42. The lowest BCUT2D eigenvalue weighted by Gasteiger charge is -2.22. The summed E-state index contributed by atoms with van der Waals surface area (Å²) in [4.78, 5) is 25.5. The van der Waals surface area contributed by atoms with Gasteiger partial charge in [-0.15, -0.1) is 0 Å². The first-order valence-corrected chi connectivity index (χ1v) is 6.43. The number of carbonyl (C=O) groups is 2. The van der Waals surface area contributed by atoms with Gasteiger partial charge in [-0.3, -0.25) is 9.59 Å². The molecule has 4 nitrogen and oxygen atoms in total. The number of rotatable bonds is 3. The Kier molecular flexibility index (Phi) is 3.43. The van der Waals surface area contributed by atoms with Gasteiger partial charge in [0.15, 0.2) is 0 Å². The summed E-state index contributed by atoms with van der Waals surface area (Å²) in [5.74, 6) is -0.637. The lowest BCUT2D eigenvalue weighted by atomic mass is 10.1. The van der Waals surface area contributed by atoms with Crippen LogP contribution in [0.5, 0.6) is 0 Å². The van der Waals surface area contributed by atoms with Crippen LogP contribution in [0.1, 0.15) is 12.8 Å². The zero-order valence-electron chi connectivity index (χ0n) is 10.3. The first kappa shape index (κ1) is 13.1. The molecule has 0 N–H and O–H groups in total. The van der Waals surface area contributed by atoms with Crippen LogP contribution in [-0.4, -0.2) is 26.0 Å². The minimum Gasteiger partial charge on any atom is -0.468 e. The number of hydrogen-bond acceptors (Lipinski definition) is 3. The summed E-state index contributed by atoms with van der Waals surface area (Å²) in [5, 5.41) is 0. The Bertz CT molecular complexity index is 497. The lowest BCUT2D eigenvalue weighted by Crippen LogP contribution is -2.39. The Morgan fingerprint density at radius 1 is 1.39 bits per heavy atom. The van der Waals surface area contributed by atoms with Crippen molar-refractivity contribution in [3.63, 3.8) is 0 Å². The third kappa shape index (κ3) is 2.14. The summed E-state index contributed by atoms with van der Waals surface area (Å²) < 4.78 is 5.60. The minimum atomic E-state index is -0.953. The number of halogens is 1. The van der Waals surface area contributed by atoms with Crippen molar-refractivity contribution in [2.24, 2.45) is 5.41 Å². The average molecular weight is 312 g/mol. The number of hydrogen-bond donors (Lipinski definition) is 0. The van der Waals surface area contributed by atoms with Crippen LogP contribution in [0.25, 0.3) is 0 Å². The van der Waals surface area contributed by atoms with Crippen LogP contribution < -0.4 is 4.90 Å². The molecule has 0 atom stereocenters. The van der Waals surface area contributed by atoms with Gasteiger partial charge in [0, 0.05) is 17.2 Å². The fourth-order valence-corrected chi connectivity index (χ4v) is 2.34. The van der Waals surface area contributed by atoms with Crippen molar-refractivity contribution in [2.45, 2.75) is 12.8 Å². The number of ether oxygens (including phenoxy) is 1. The normalized spacial score (nSPS) is 15.9. The molecule has 0 aromatic heterocycles. The molecule has 0 bridgehead atoms. The quantitative estimate of drug-likeness (QED) is 0.636. The molecule has 1 fully saturated rings. The number of methoxy groups -OCH3 is 1. The predicted molar refractivity (Wildman–Crippen MR) is 71.2 cm³/mol. The first-order valence-electron chi connectivity index (χ1n) is 5.63. The first-order chi connectivity index (χ1) is 8.51. The predicted octanol–water partition coefficient (Wildman–Crippen LogP) is 2.37. The van der Waals surface area contributed by atoms with Crippen LogP contribution in [0.3, 0.4) is 0 Å². The van der Waals surface area contributed by atoms with E-state index in [1.807, 2.05) is 24.3 Å². The molecule has 1 aliphatic carbocycles. The fraction of sp³-hybridized carbons (Fsp3) is 0.385. The number of nitrogens with zero attached hydrogens (tertiary/aromatic N) is 1. The van der Waals surface area contributed by atoms with Gasteiger partial charge < -0.3 is 9.64 Å². The highest BCUT2D eigenvalue weighted by Gasteiger charge is 2.59. The van der Waals surface area contributed by atoms with E-state index in [1.165, 1.54) is 12.0 Å². The number of carbonyl (C=O) groups excluding carboxylic acids is 2. The van der Waals surface area contributed by atoms with Crippen LogP contribution in [0, 0.1) is 5.41 Å². The van der Waals surface area contributed by atoms with E-state index in [1.54, 1.807) is 7.05 Å². The van der Waals surface area contributed by atoms with Gasteiger partial charge in [-0.2, -0.15) is 0 Å². The molecule has 1 saturated carbocycles. The fourth-order valence-electron chi connectivity index (χ4n) is 1.95. The standard InChI is InChI=1S/C13H14BrNO3/c1-15(10-5-3-4-9(14)8-10)11(16)13(6-7-13)12(17)18-2/h3-5,8H,6-7H2,1-2H3. The van der Waals surface area contributed by atoms with E-state index in [0.29, 0.717) is 12.8 Å². The molecule has 5 heteroatoms. The monoisotopic (exact) mass is 311 g/mol. The van der Waals surface area contributed by atoms with Gasteiger partial charge in [-0.1, -0.05) is 22.0 Å². The highest BCUT2D eigenvalue weighted by atomic mass is 79.9. The van der Waals surface area contributed by atoms with Gasteiger partial charge in [0.05, 0.1) is 7.11 Å². The number of esters is 1. The third-order valence-corrected chi connectivity index (χ3v) is 3.73. The maximum absolute atomic E-state index is 12.3. The van der Waals surface area contributed by atoms with Gasteiger partial charge in [0.2, 0.25) is 5.91 Å². The Hall–Kier alpha value is -1.36. The van der Waals surface area contributed by atoms with E-state index in [9.17, 15) is 9.59 Å². The Morgan fingerprint density at radius 3 is 2.56 bits per heavy atom. The largest absolute Gasteiger partial charge is 0.468 e. The van der Waals surface area contributed by atoms with Crippen molar-refractivity contribution < 1.29 is 14.3 Å². The second kappa shape index (κ2) is 4.72. The van der Waals surface area contributed by atoms with Crippen LogP contribution >= 0.6 is 15.9 Å². The van der Waals surface area contributed by atoms with Gasteiger partial charge in [-0.25, -0.2) is 0 Å². The van der Waals surface area contributed by atoms with Gasteiger partial charge in [0.25, 0.3) is 0 Å². The van der Waals surface area contributed by atoms with Crippen LogP contribution in [-0.2, 0) is 14.3 Å². The number of amides is 1. The zero-order chi connectivity index (χ0) is 13.3. The van der Waals surface area contributed by atoms with Crippen molar-refractivity contribution in [3.8, 4) is 0 Å². The average Bonchev–Trinajstić information content (AvgIpc) is 3.17. The van der Waals surface area contributed by atoms with E-state index in [4.69, 9.17) is 4.74 Å². The molecule has 0 unspecified atom stereocenters. The van der Waals surface area contributed by atoms with E-state index >= 15 is 0 Å².